The molecule has 1 saturated heterocycles. The van der Waals surface area contributed by atoms with Crippen molar-refractivity contribution in [2.75, 3.05) is 19.6 Å². The molecule has 4 rings (SSSR count). The lowest BCUT2D eigenvalue weighted by molar-refractivity contribution is -0.133. The Balaban J connectivity index is 1.46. The Labute approximate surface area is 158 Å². The SMILES string of the molecule is O=C(Cc1ccccc1)N1CCC2(CC1)CNS(=O)(=O)c1cccnc1O2. The van der Waals surface area contributed by atoms with Gasteiger partial charge in [0, 0.05) is 32.1 Å². The fourth-order valence-electron chi connectivity index (χ4n) is 3.53. The number of sulfonamides is 1. The molecular formula is C19H21N3O4S. The minimum atomic E-state index is -3.64. The zero-order chi connectivity index (χ0) is 18.9. The molecule has 1 amide bonds. The highest BCUT2D eigenvalue weighted by Gasteiger charge is 2.42. The van der Waals surface area contributed by atoms with Crippen LogP contribution < -0.4 is 9.46 Å². The summed E-state index contributed by atoms with van der Waals surface area (Å²) in [7, 11) is -3.64. The number of pyridine rings is 1. The summed E-state index contributed by atoms with van der Waals surface area (Å²) >= 11 is 0. The van der Waals surface area contributed by atoms with Crippen molar-refractivity contribution in [3.8, 4) is 5.88 Å². The molecule has 1 N–H and O–H groups in total. The van der Waals surface area contributed by atoms with Gasteiger partial charge in [0.2, 0.25) is 21.8 Å². The number of hydrogen-bond donors (Lipinski definition) is 1. The molecule has 8 heteroatoms. The third-order valence-corrected chi connectivity index (χ3v) is 6.56. The average Bonchev–Trinajstić information content (AvgIpc) is 2.78. The second-order valence-corrected chi connectivity index (χ2v) is 8.69. The van der Waals surface area contributed by atoms with E-state index in [1.54, 1.807) is 6.07 Å². The number of carbonyl (C=O) groups excluding carboxylic acids is 1. The predicted molar refractivity (Wildman–Crippen MR) is 98.7 cm³/mol. The number of carbonyl (C=O) groups is 1. The van der Waals surface area contributed by atoms with Crippen LogP contribution in [0.3, 0.4) is 0 Å². The number of hydrogen-bond acceptors (Lipinski definition) is 5. The van der Waals surface area contributed by atoms with Gasteiger partial charge in [0.15, 0.2) is 0 Å². The summed E-state index contributed by atoms with van der Waals surface area (Å²) in [5.41, 5.74) is 0.301. The molecule has 2 aromatic rings. The molecule has 0 bridgehead atoms. The molecule has 0 saturated carbocycles. The van der Waals surface area contributed by atoms with Crippen LogP contribution in [0.5, 0.6) is 5.88 Å². The Kier molecular flexibility index (Phi) is 4.61. The fourth-order valence-corrected chi connectivity index (χ4v) is 4.72. The van der Waals surface area contributed by atoms with Gasteiger partial charge in [-0.2, -0.15) is 0 Å². The molecule has 1 spiro atoms. The average molecular weight is 387 g/mol. The van der Waals surface area contributed by atoms with E-state index in [1.165, 1.54) is 12.3 Å². The molecule has 142 valence electrons. The Morgan fingerprint density at radius 3 is 2.63 bits per heavy atom. The number of nitrogens with one attached hydrogen (secondary N) is 1. The number of piperidine rings is 1. The molecule has 7 nitrogen and oxygen atoms in total. The van der Waals surface area contributed by atoms with Gasteiger partial charge in [-0.1, -0.05) is 30.3 Å². The summed E-state index contributed by atoms with van der Waals surface area (Å²) in [5.74, 6) is 0.204. The molecule has 1 fully saturated rings. The molecule has 27 heavy (non-hydrogen) atoms. The highest BCUT2D eigenvalue weighted by atomic mass is 32.2. The first kappa shape index (κ1) is 17.9. The number of aromatic nitrogens is 1. The number of amides is 1. The Bertz CT molecular complexity index is 938. The third-order valence-electron chi connectivity index (χ3n) is 5.15. The second kappa shape index (κ2) is 6.94. The van der Waals surface area contributed by atoms with Crippen molar-refractivity contribution in [1.29, 1.82) is 0 Å². The van der Waals surface area contributed by atoms with Crippen molar-refractivity contribution >= 4 is 15.9 Å². The first-order chi connectivity index (χ1) is 13.0. The molecule has 1 aromatic heterocycles. The van der Waals surface area contributed by atoms with Crippen molar-refractivity contribution in [3.63, 3.8) is 0 Å². The van der Waals surface area contributed by atoms with E-state index in [0.29, 0.717) is 32.4 Å². The maximum Gasteiger partial charge on any atom is 0.246 e. The van der Waals surface area contributed by atoms with Crippen LogP contribution >= 0.6 is 0 Å². The lowest BCUT2D eigenvalue weighted by Gasteiger charge is -2.40. The molecule has 3 heterocycles. The maximum absolute atomic E-state index is 12.6. The monoisotopic (exact) mass is 387 g/mol. The van der Waals surface area contributed by atoms with E-state index in [9.17, 15) is 13.2 Å². The van der Waals surface area contributed by atoms with Crippen LogP contribution in [0.1, 0.15) is 18.4 Å². The van der Waals surface area contributed by atoms with E-state index in [1.807, 2.05) is 35.2 Å². The first-order valence-electron chi connectivity index (χ1n) is 8.93. The van der Waals surface area contributed by atoms with E-state index in [-0.39, 0.29) is 23.2 Å². The smallest absolute Gasteiger partial charge is 0.246 e. The van der Waals surface area contributed by atoms with Crippen molar-refractivity contribution in [2.24, 2.45) is 0 Å². The highest BCUT2D eigenvalue weighted by molar-refractivity contribution is 7.89. The van der Waals surface area contributed by atoms with Gasteiger partial charge in [0.1, 0.15) is 10.5 Å². The van der Waals surface area contributed by atoms with Crippen molar-refractivity contribution in [1.82, 2.24) is 14.6 Å². The topological polar surface area (TPSA) is 88.6 Å². The molecule has 2 aliphatic heterocycles. The van der Waals surface area contributed by atoms with Crippen LogP contribution in [0.15, 0.2) is 53.6 Å². The zero-order valence-corrected chi connectivity index (χ0v) is 15.6. The Morgan fingerprint density at radius 2 is 1.89 bits per heavy atom. The minimum absolute atomic E-state index is 0.0597. The summed E-state index contributed by atoms with van der Waals surface area (Å²) in [6.07, 6.45) is 2.98. The first-order valence-corrected chi connectivity index (χ1v) is 10.4. The number of rotatable bonds is 2. The fraction of sp³-hybridized carbons (Fsp3) is 0.368. The molecule has 2 aliphatic rings. The lowest BCUT2D eigenvalue weighted by Crippen LogP contribution is -2.54. The molecular weight excluding hydrogens is 366 g/mol. The van der Waals surface area contributed by atoms with E-state index >= 15 is 0 Å². The second-order valence-electron chi connectivity index (χ2n) is 6.96. The maximum atomic E-state index is 12.6. The normalized spacial score (nSPS) is 20.4. The van der Waals surface area contributed by atoms with Crippen LogP contribution in [-0.2, 0) is 21.2 Å². The number of nitrogens with zero attached hydrogens (tertiary/aromatic N) is 2. The van der Waals surface area contributed by atoms with E-state index in [4.69, 9.17) is 4.74 Å². The van der Waals surface area contributed by atoms with Crippen LogP contribution in [0.2, 0.25) is 0 Å². The van der Waals surface area contributed by atoms with Gasteiger partial charge in [-0.3, -0.25) is 4.79 Å². The van der Waals surface area contributed by atoms with Crippen LogP contribution in [0, 0.1) is 0 Å². The molecule has 0 unspecified atom stereocenters. The number of likely N-dealkylation sites (tertiary alicyclic amines) is 1. The highest BCUT2D eigenvalue weighted by Crippen LogP contribution is 2.34. The van der Waals surface area contributed by atoms with Gasteiger partial charge in [0.05, 0.1) is 13.0 Å². The van der Waals surface area contributed by atoms with Crippen LogP contribution in [0.25, 0.3) is 0 Å². The van der Waals surface area contributed by atoms with Crippen LogP contribution in [-0.4, -0.2) is 49.4 Å². The van der Waals surface area contributed by atoms with Gasteiger partial charge in [0.25, 0.3) is 0 Å². The van der Waals surface area contributed by atoms with E-state index < -0.39 is 15.6 Å². The molecule has 0 atom stereocenters. The van der Waals surface area contributed by atoms with E-state index in [2.05, 4.69) is 9.71 Å². The number of fused-ring (bicyclic) bond motifs is 1. The summed E-state index contributed by atoms with van der Waals surface area (Å²) < 4.78 is 33.5. The molecule has 0 aliphatic carbocycles. The summed E-state index contributed by atoms with van der Waals surface area (Å²) in [6, 6.07) is 12.7. The number of benzene rings is 1. The largest absolute Gasteiger partial charge is 0.469 e. The van der Waals surface area contributed by atoms with E-state index in [0.717, 1.165) is 5.56 Å². The van der Waals surface area contributed by atoms with Gasteiger partial charge in [-0.25, -0.2) is 18.1 Å². The summed E-state index contributed by atoms with van der Waals surface area (Å²) in [5, 5.41) is 0. The quantitative estimate of drug-likeness (QED) is 0.841. The number of ether oxygens (including phenoxy) is 1. The third kappa shape index (κ3) is 3.68. The minimum Gasteiger partial charge on any atom is -0.469 e. The summed E-state index contributed by atoms with van der Waals surface area (Å²) in [6.45, 7) is 1.22. The van der Waals surface area contributed by atoms with Crippen LogP contribution in [0.4, 0.5) is 0 Å². The molecule has 0 radical (unpaired) electrons. The van der Waals surface area contributed by atoms with Crippen molar-refractivity contribution < 1.29 is 17.9 Å². The predicted octanol–water partition coefficient (Wildman–Crippen LogP) is 1.36. The zero-order valence-electron chi connectivity index (χ0n) is 14.8. The van der Waals surface area contributed by atoms with Gasteiger partial charge >= 0.3 is 0 Å². The Hall–Kier alpha value is -2.45. The van der Waals surface area contributed by atoms with Crippen molar-refractivity contribution in [3.05, 3.63) is 54.2 Å². The molecule has 1 aromatic carbocycles. The standard InChI is InChI=1S/C19H21N3O4S/c23-17(13-15-5-2-1-3-6-15)22-11-8-19(9-12-22)14-21-27(24,25)16-7-4-10-20-18(16)26-19/h1-7,10,21H,8-9,11-14H2. The van der Waals surface area contributed by atoms with Crippen molar-refractivity contribution in [2.45, 2.75) is 29.8 Å². The van der Waals surface area contributed by atoms with Gasteiger partial charge in [-0.05, 0) is 17.7 Å². The lowest BCUT2D eigenvalue weighted by atomic mass is 9.91. The Morgan fingerprint density at radius 1 is 1.15 bits per heavy atom. The van der Waals surface area contributed by atoms with Gasteiger partial charge < -0.3 is 9.64 Å². The summed E-state index contributed by atoms with van der Waals surface area (Å²) in [4.78, 5) is 18.6. The van der Waals surface area contributed by atoms with Gasteiger partial charge in [-0.15, -0.1) is 0 Å².